The molecule has 1 aliphatic heterocycles. The molecule has 1 rings (SSSR count). The van der Waals surface area contributed by atoms with Crippen LogP contribution in [0, 0.1) is 5.92 Å². The second kappa shape index (κ2) is 18.6. The van der Waals surface area contributed by atoms with Gasteiger partial charge in [0.25, 0.3) is 0 Å². The Balaban J connectivity index is 0.00000322. The Kier molecular flexibility index (Phi) is 17.6. The molecule has 1 fully saturated rings. The molecule has 11 nitrogen and oxygen atoms in total. The molecule has 1 heterocycles. The van der Waals surface area contributed by atoms with Crippen LogP contribution in [0.2, 0.25) is 0 Å². The molecule has 0 aromatic heterocycles. The number of amides is 1. The molecule has 0 radical (unpaired) electrons. The summed E-state index contributed by atoms with van der Waals surface area (Å²) in [6, 6.07) is 0. The number of carbonyl (C=O) groups excluding carboxylic acids is 1. The third-order valence-corrected chi connectivity index (χ3v) is 5.19. The number of rotatable bonds is 9. The van der Waals surface area contributed by atoms with Crippen LogP contribution in [0.5, 0.6) is 0 Å². The number of hydrogen-bond acceptors (Lipinski definition) is 8. The van der Waals surface area contributed by atoms with Crippen molar-refractivity contribution in [2.45, 2.75) is 27.2 Å². The molecule has 0 aromatic rings. The van der Waals surface area contributed by atoms with E-state index in [-0.39, 0.29) is 32.1 Å². The molecule has 0 aromatic carbocycles. The van der Waals surface area contributed by atoms with Gasteiger partial charge in [0, 0.05) is 65.5 Å². The number of carboxylic acids is 2. The minimum Gasteiger partial charge on any atom is -0.480 e. The Morgan fingerprint density at radius 1 is 0.788 bits per heavy atom. The summed E-state index contributed by atoms with van der Waals surface area (Å²) in [7, 11) is 1.99. The summed E-state index contributed by atoms with van der Waals surface area (Å²) >= 11 is 0. The topological polar surface area (TPSA) is 137 Å². The van der Waals surface area contributed by atoms with E-state index in [0.29, 0.717) is 58.3 Å². The number of aliphatic carboxylic acids is 2. The Labute approximate surface area is 198 Å². The summed E-state index contributed by atoms with van der Waals surface area (Å²) in [5, 5.41) is 28.9. The molecule has 11 heteroatoms. The van der Waals surface area contributed by atoms with E-state index in [0.717, 1.165) is 13.0 Å². The summed E-state index contributed by atoms with van der Waals surface area (Å²) < 4.78 is 0. The number of hydrogen-bond donors (Lipinski definition) is 4. The third-order valence-electron chi connectivity index (χ3n) is 5.19. The highest BCUT2D eigenvalue weighted by Crippen LogP contribution is 2.01. The maximum absolute atomic E-state index is 12.3. The smallest absolute Gasteiger partial charge is 0.317 e. The van der Waals surface area contributed by atoms with Crippen LogP contribution >= 0.6 is 0 Å². The molecule has 1 amide bonds. The van der Waals surface area contributed by atoms with Crippen LogP contribution < -0.4 is 5.32 Å². The van der Waals surface area contributed by atoms with Gasteiger partial charge in [0.05, 0.1) is 19.6 Å². The van der Waals surface area contributed by atoms with Gasteiger partial charge in [-0.15, -0.1) is 0 Å². The van der Waals surface area contributed by atoms with Crippen molar-refractivity contribution in [3.8, 4) is 0 Å². The fourth-order valence-electron chi connectivity index (χ4n) is 3.25. The highest BCUT2D eigenvalue weighted by Gasteiger charge is 2.19. The first-order valence-electron chi connectivity index (χ1n) is 11.7. The Hall–Kier alpha value is -1.79. The fourth-order valence-corrected chi connectivity index (χ4v) is 3.25. The number of likely N-dealkylation sites (N-methyl/N-ethyl adjacent to an activating group) is 1. The van der Waals surface area contributed by atoms with Crippen molar-refractivity contribution in [2.24, 2.45) is 5.92 Å². The van der Waals surface area contributed by atoms with E-state index >= 15 is 0 Å². The lowest BCUT2D eigenvalue weighted by Gasteiger charge is -2.32. The number of aliphatic hydroxyl groups excluding tert-OH is 1. The maximum Gasteiger partial charge on any atom is 0.317 e. The highest BCUT2D eigenvalue weighted by atomic mass is 16.4. The standard InChI is InChI=1S/C20H39N5O5.C2H6O/c1-17(2)4-5-21-18(26)14-23-8-6-22(3)7-9-24(15-19(27)28)12-13-25(11-10-23)16-20(29)30;1-2-3/h17H,4-16H2,1-3H3,(H,21,26)(H,27,28)(H,29,30);3H,2H2,1H3. The quantitative estimate of drug-likeness (QED) is 0.334. The van der Waals surface area contributed by atoms with Gasteiger partial charge in [-0.3, -0.25) is 29.1 Å². The largest absolute Gasteiger partial charge is 0.480 e. The van der Waals surface area contributed by atoms with Gasteiger partial charge in [-0.2, -0.15) is 0 Å². The van der Waals surface area contributed by atoms with Crippen molar-refractivity contribution in [3.63, 3.8) is 0 Å². The second-order valence-electron chi connectivity index (χ2n) is 8.77. The van der Waals surface area contributed by atoms with Crippen molar-refractivity contribution in [2.75, 3.05) is 92.2 Å². The van der Waals surface area contributed by atoms with Gasteiger partial charge in [-0.05, 0) is 26.3 Å². The molecular formula is C22H45N5O6. The van der Waals surface area contributed by atoms with Crippen LogP contribution in [0.4, 0.5) is 0 Å². The van der Waals surface area contributed by atoms with Gasteiger partial charge in [0.1, 0.15) is 0 Å². The van der Waals surface area contributed by atoms with Gasteiger partial charge >= 0.3 is 11.9 Å². The summed E-state index contributed by atoms with van der Waals surface area (Å²) in [5.74, 6) is -1.28. The van der Waals surface area contributed by atoms with Crippen molar-refractivity contribution in [3.05, 3.63) is 0 Å². The molecule has 0 aliphatic carbocycles. The Bertz CT molecular complexity index is 563. The lowest BCUT2D eigenvalue weighted by Crippen LogP contribution is -2.48. The number of nitrogens with one attached hydrogen (secondary N) is 1. The van der Waals surface area contributed by atoms with Gasteiger partial charge in [0.2, 0.25) is 5.91 Å². The van der Waals surface area contributed by atoms with E-state index in [9.17, 15) is 19.5 Å². The molecule has 33 heavy (non-hydrogen) atoms. The highest BCUT2D eigenvalue weighted by molar-refractivity contribution is 5.78. The van der Waals surface area contributed by atoms with Crippen LogP contribution in [0.15, 0.2) is 0 Å². The molecule has 0 bridgehead atoms. The SMILES string of the molecule is CC(C)CCNC(=O)CN1CCN(C)CCN(CC(=O)O)CCN(CC(=O)O)CC1.CCO. The fraction of sp³-hybridized carbons (Fsp3) is 0.864. The van der Waals surface area contributed by atoms with E-state index in [1.807, 2.05) is 16.8 Å². The van der Waals surface area contributed by atoms with E-state index in [1.165, 1.54) is 0 Å². The predicted octanol–water partition coefficient (Wildman–Crippen LogP) is -0.832. The zero-order chi connectivity index (χ0) is 25.2. The van der Waals surface area contributed by atoms with Gasteiger partial charge in [-0.1, -0.05) is 13.8 Å². The average Bonchev–Trinajstić information content (AvgIpc) is 2.70. The zero-order valence-corrected chi connectivity index (χ0v) is 20.8. The van der Waals surface area contributed by atoms with Crippen molar-refractivity contribution in [1.29, 1.82) is 0 Å². The van der Waals surface area contributed by atoms with Crippen LogP contribution in [0.3, 0.4) is 0 Å². The van der Waals surface area contributed by atoms with E-state index in [1.54, 1.807) is 6.92 Å². The van der Waals surface area contributed by atoms with Crippen molar-refractivity contribution in [1.82, 2.24) is 24.9 Å². The van der Waals surface area contributed by atoms with Crippen LogP contribution in [0.25, 0.3) is 0 Å². The molecule has 1 saturated heterocycles. The first-order chi connectivity index (χ1) is 15.6. The molecular weight excluding hydrogens is 430 g/mol. The van der Waals surface area contributed by atoms with Gasteiger partial charge in [-0.25, -0.2) is 0 Å². The molecule has 0 unspecified atom stereocenters. The first kappa shape index (κ1) is 31.2. The average molecular weight is 476 g/mol. The second-order valence-corrected chi connectivity index (χ2v) is 8.77. The number of aliphatic hydroxyl groups is 1. The summed E-state index contributed by atoms with van der Waals surface area (Å²) in [5.41, 5.74) is 0. The normalized spacial score (nSPS) is 18.0. The summed E-state index contributed by atoms with van der Waals surface area (Å²) in [6.07, 6.45) is 0.938. The van der Waals surface area contributed by atoms with E-state index in [2.05, 4.69) is 29.0 Å². The molecule has 0 spiro atoms. The maximum atomic E-state index is 12.3. The lowest BCUT2D eigenvalue weighted by atomic mass is 10.1. The molecule has 194 valence electrons. The minimum atomic E-state index is -0.912. The van der Waals surface area contributed by atoms with Crippen LogP contribution in [-0.2, 0) is 14.4 Å². The van der Waals surface area contributed by atoms with Crippen LogP contribution in [-0.4, -0.2) is 145 Å². The van der Waals surface area contributed by atoms with Crippen molar-refractivity contribution >= 4 is 17.8 Å². The Morgan fingerprint density at radius 2 is 1.15 bits per heavy atom. The number of carboxylic acid groups (broad SMARTS) is 2. The van der Waals surface area contributed by atoms with Crippen molar-refractivity contribution < 1.29 is 29.7 Å². The monoisotopic (exact) mass is 475 g/mol. The zero-order valence-electron chi connectivity index (χ0n) is 20.8. The molecule has 4 N–H and O–H groups in total. The van der Waals surface area contributed by atoms with E-state index in [4.69, 9.17) is 10.2 Å². The van der Waals surface area contributed by atoms with E-state index < -0.39 is 11.9 Å². The summed E-state index contributed by atoms with van der Waals surface area (Å²) in [4.78, 5) is 42.5. The van der Waals surface area contributed by atoms with Gasteiger partial charge < -0.3 is 25.5 Å². The molecule has 0 atom stereocenters. The van der Waals surface area contributed by atoms with Crippen LogP contribution in [0.1, 0.15) is 27.2 Å². The number of nitrogens with zero attached hydrogens (tertiary/aromatic N) is 4. The Morgan fingerprint density at radius 3 is 1.52 bits per heavy atom. The predicted molar refractivity (Wildman–Crippen MR) is 127 cm³/mol. The first-order valence-corrected chi connectivity index (χ1v) is 11.7. The lowest BCUT2D eigenvalue weighted by molar-refractivity contribution is -0.140. The third kappa shape index (κ3) is 18.3. The summed E-state index contributed by atoms with van der Waals surface area (Å²) in [6.45, 7) is 11.8. The van der Waals surface area contributed by atoms with Gasteiger partial charge in [0.15, 0.2) is 0 Å². The number of carbonyl (C=O) groups is 3. The minimum absolute atomic E-state index is 0.0113. The molecule has 0 saturated carbocycles. The molecule has 1 aliphatic rings.